The lowest BCUT2D eigenvalue weighted by Gasteiger charge is -2.26. The predicted octanol–water partition coefficient (Wildman–Crippen LogP) is 2.55. The van der Waals surface area contributed by atoms with Gasteiger partial charge in [0.25, 0.3) is 0 Å². The van der Waals surface area contributed by atoms with E-state index in [-0.39, 0.29) is 0 Å². The van der Waals surface area contributed by atoms with E-state index in [9.17, 15) is 0 Å². The van der Waals surface area contributed by atoms with Gasteiger partial charge < -0.3 is 5.73 Å². The minimum atomic E-state index is 0.407. The second-order valence-electron chi connectivity index (χ2n) is 4.21. The molecule has 2 unspecified atom stereocenters. The van der Waals surface area contributed by atoms with Crippen LogP contribution >= 0.6 is 0 Å². The summed E-state index contributed by atoms with van der Waals surface area (Å²) in [4.78, 5) is 0. The highest BCUT2D eigenvalue weighted by atomic mass is 14.7. The van der Waals surface area contributed by atoms with Gasteiger partial charge in [-0.05, 0) is 31.1 Å². The summed E-state index contributed by atoms with van der Waals surface area (Å²) in [5.41, 5.74) is 6.50. The molecule has 0 amide bonds. The van der Waals surface area contributed by atoms with E-state index in [0.29, 0.717) is 11.5 Å². The molecule has 2 atom stereocenters. The van der Waals surface area contributed by atoms with Crippen LogP contribution in [0, 0.1) is 11.3 Å². The van der Waals surface area contributed by atoms with E-state index in [0.717, 1.165) is 5.92 Å². The monoisotopic (exact) mass is 155 g/mol. The molecule has 0 spiro atoms. The Hall–Kier alpha value is -0.0400. The van der Waals surface area contributed by atoms with Crippen LogP contribution in [-0.4, -0.2) is 6.04 Å². The van der Waals surface area contributed by atoms with E-state index in [1.807, 2.05) is 0 Å². The highest BCUT2D eigenvalue weighted by Crippen LogP contribution is 2.55. The van der Waals surface area contributed by atoms with Gasteiger partial charge in [0.15, 0.2) is 0 Å². The predicted molar refractivity (Wildman–Crippen MR) is 49.4 cm³/mol. The fraction of sp³-hybridized carbons (Fsp3) is 1.00. The van der Waals surface area contributed by atoms with Crippen molar-refractivity contribution in [2.24, 2.45) is 17.1 Å². The maximum atomic E-state index is 5.96. The van der Waals surface area contributed by atoms with Crippen molar-refractivity contribution < 1.29 is 0 Å². The minimum absolute atomic E-state index is 0.407. The molecule has 0 aromatic rings. The van der Waals surface area contributed by atoms with E-state index in [4.69, 9.17) is 5.73 Å². The maximum absolute atomic E-state index is 5.96. The molecule has 1 aliphatic carbocycles. The molecule has 0 aromatic carbocycles. The number of rotatable bonds is 4. The molecule has 66 valence electrons. The second-order valence-corrected chi connectivity index (χ2v) is 4.21. The van der Waals surface area contributed by atoms with Crippen LogP contribution in [0.1, 0.15) is 46.5 Å². The van der Waals surface area contributed by atoms with Crippen molar-refractivity contribution in [1.82, 2.24) is 0 Å². The summed E-state index contributed by atoms with van der Waals surface area (Å²) in [5, 5.41) is 0. The molecule has 0 radical (unpaired) electrons. The average Bonchev–Trinajstić information content (AvgIpc) is 2.66. The molecule has 0 bridgehead atoms. The molecule has 1 rings (SSSR count). The van der Waals surface area contributed by atoms with Gasteiger partial charge in [-0.15, -0.1) is 0 Å². The summed E-state index contributed by atoms with van der Waals surface area (Å²) < 4.78 is 0. The van der Waals surface area contributed by atoms with E-state index >= 15 is 0 Å². The lowest BCUT2D eigenvalue weighted by atomic mass is 9.82. The van der Waals surface area contributed by atoms with Gasteiger partial charge in [-0.2, -0.15) is 0 Å². The Morgan fingerprint density at radius 1 is 1.36 bits per heavy atom. The first-order valence-corrected chi connectivity index (χ1v) is 4.89. The summed E-state index contributed by atoms with van der Waals surface area (Å²) >= 11 is 0. The Balaban J connectivity index is 2.44. The Labute approximate surface area is 70.4 Å². The third kappa shape index (κ3) is 1.58. The fourth-order valence-electron chi connectivity index (χ4n) is 2.26. The SMILES string of the molecule is CCCC(C)C1(C(C)N)CC1. The Bertz CT molecular complexity index is 125. The Morgan fingerprint density at radius 3 is 2.18 bits per heavy atom. The lowest BCUT2D eigenvalue weighted by molar-refractivity contribution is 0.267. The summed E-state index contributed by atoms with van der Waals surface area (Å²) in [6.45, 7) is 6.78. The molecule has 2 N–H and O–H groups in total. The lowest BCUT2D eigenvalue weighted by Crippen LogP contribution is -2.33. The average molecular weight is 155 g/mol. The first-order valence-electron chi connectivity index (χ1n) is 4.89. The van der Waals surface area contributed by atoms with Crippen LogP contribution in [-0.2, 0) is 0 Å². The number of hydrogen-bond donors (Lipinski definition) is 1. The highest BCUT2D eigenvalue weighted by Gasteiger charge is 2.49. The van der Waals surface area contributed by atoms with Crippen molar-refractivity contribution in [3.05, 3.63) is 0 Å². The van der Waals surface area contributed by atoms with Gasteiger partial charge in [-0.3, -0.25) is 0 Å². The molecular weight excluding hydrogens is 134 g/mol. The zero-order chi connectivity index (χ0) is 8.48. The van der Waals surface area contributed by atoms with Gasteiger partial charge >= 0.3 is 0 Å². The van der Waals surface area contributed by atoms with E-state index in [2.05, 4.69) is 20.8 Å². The van der Waals surface area contributed by atoms with Crippen molar-refractivity contribution in [1.29, 1.82) is 0 Å². The van der Waals surface area contributed by atoms with Crippen LogP contribution in [0.25, 0.3) is 0 Å². The van der Waals surface area contributed by atoms with Crippen molar-refractivity contribution in [2.45, 2.75) is 52.5 Å². The number of nitrogens with two attached hydrogens (primary N) is 1. The fourth-order valence-corrected chi connectivity index (χ4v) is 2.26. The molecule has 0 heterocycles. The van der Waals surface area contributed by atoms with Crippen LogP contribution in [0.15, 0.2) is 0 Å². The van der Waals surface area contributed by atoms with Crippen molar-refractivity contribution in [3.63, 3.8) is 0 Å². The van der Waals surface area contributed by atoms with Crippen LogP contribution in [0.3, 0.4) is 0 Å². The van der Waals surface area contributed by atoms with Crippen LogP contribution < -0.4 is 5.73 Å². The minimum Gasteiger partial charge on any atom is -0.327 e. The summed E-state index contributed by atoms with van der Waals surface area (Å²) in [6.07, 6.45) is 5.38. The van der Waals surface area contributed by atoms with E-state index in [1.54, 1.807) is 0 Å². The molecule has 0 aromatic heterocycles. The number of hydrogen-bond acceptors (Lipinski definition) is 1. The Kier molecular flexibility index (Phi) is 2.58. The van der Waals surface area contributed by atoms with Crippen LogP contribution in [0.2, 0.25) is 0 Å². The van der Waals surface area contributed by atoms with Crippen molar-refractivity contribution >= 4 is 0 Å². The molecule has 1 nitrogen and oxygen atoms in total. The molecule has 1 fully saturated rings. The third-order valence-corrected chi connectivity index (χ3v) is 3.44. The molecule has 0 saturated heterocycles. The quantitative estimate of drug-likeness (QED) is 0.663. The van der Waals surface area contributed by atoms with Crippen LogP contribution in [0.4, 0.5) is 0 Å². The summed E-state index contributed by atoms with van der Waals surface area (Å²) in [7, 11) is 0. The second kappa shape index (κ2) is 3.14. The first kappa shape index (κ1) is 9.05. The normalized spacial score (nSPS) is 26.2. The Morgan fingerprint density at radius 2 is 1.91 bits per heavy atom. The zero-order valence-corrected chi connectivity index (χ0v) is 8.06. The summed E-state index contributed by atoms with van der Waals surface area (Å²) in [6, 6.07) is 0.407. The van der Waals surface area contributed by atoms with Gasteiger partial charge in [-0.1, -0.05) is 26.7 Å². The standard InChI is InChI=1S/C10H21N/c1-4-5-8(2)10(6-7-10)9(3)11/h8-9H,4-7,11H2,1-3H3. The van der Waals surface area contributed by atoms with Gasteiger partial charge in [0.05, 0.1) is 0 Å². The first-order chi connectivity index (χ1) is 5.13. The molecule has 11 heavy (non-hydrogen) atoms. The van der Waals surface area contributed by atoms with Crippen LogP contribution in [0.5, 0.6) is 0 Å². The van der Waals surface area contributed by atoms with Gasteiger partial charge in [0, 0.05) is 6.04 Å². The van der Waals surface area contributed by atoms with E-state index < -0.39 is 0 Å². The van der Waals surface area contributed by atoms with Crippen molar-refractivity contribution in [3.8, 4) is 0 Å². The molecule has 1 aliphatic rings. The maximum Gasteiger partial charge on any atom is 0.00695 e. The van der Waals surface area contributed by atoms with Gasteiger partial charge in [0.2, 0.25) is 0 Å². The largest absolute Gasteiger partial charge is 0.327 e. The van der Waals surface area contributed by atoms with E-state index in [1.165, 1.54) is 25.7 Å². The van der Waals surface area contributed by atoms with Crippen molar-refractivity contribution in [2.75, 3.05) is 0 Å². The topological polar surface area (TPSA) is 26.0 Å². The van der Waals surface area contributed by atoms with Gasteiger partial charge in [-0.25, -0.2) is 0 Å². The molecule has 0 aliphatic heterocycles. The zero-order valence-electron chi connectivity index (χ0n) is 8.06. The third-order valence-electron chi connectivity index (χ3n) is 3.44. The smallest absolute Gasteiger partial charge is 0.00695 e. The molecule has 1 saturated carbocycles. The summed E-state index contributed by atoms with van der Waals surface area (Å²) in [5.74, 6) is 0.840. The van der Waals surface area contributed by atoms with Gasteiger partial charge in [0.1, 0.15) is 0 Å². The molecular formula is C10H21N. The molecule has 1 heteroatoms. The highest BCUT2D eigenvalue weighted by molar-refractivity contribution is 5.02.